The normalized spacial score (nSPS) is 25.8. The highest BCUT2D eigenvalue weighted by Gasteiger charge is 2.56. The summed E-state index contributed by atoms with van der Waals surface area (Å²) in [5.41, 5.74) is 1.87. The zero-order chi connectivity index (χ0) is 19.2. The number of rotatable bonds is 3. The largest absolute Gasteiger partial charge is 0.444 e. The van der Waals surface area contributed by atoms with Gasteiger partial charge in [0, 0.05) is 45.1 Å². The van der Waals surface area contributed by atoms with Gasteiger partial charge in [0.15, 0.2) is 0 Å². The maximum atomic E-state index is 12.4. The number of ether oxygens (including phenoxy) is 1. The summed E-state index contributed by atoms with van der Waals surface area (Å²) in [6.45, 7) is 9.22. The van der Waals surface area contributed by atoms with E-state index in [0.29, 0.717) is 37.4 Å². The number of urea groups is 1. The molecule has 2 aliphatic heterocycles. The molecule has 7 heteroatoms. The Morgan fingerprint density at radius 3 is 2.56 bits per heavy atom. The van der Waals surface area contributed by atoms with Gasteiger partial charge in [0.25, 0.3) is 0 Å². The van der Waals surface area contributed by atoms with Crippen LogP contribution in [0.25, 0.3) is 0 Å². The van der Waals surface area contributed by atoms with E-state index in [0.717, 1.165) is 25.1 Å². The molecule has 1 N–H and O–H groups in total. The van der Waals surface area contributed by atoms with Crippen molar-refractivity contribution in [3.63, 3.8) is 0 Å². The highest BCUT2D eigenvalue weighted by Crippen LogP contribution is 2.53. The average Bonchev–Trinajstić information content (AvgIpc) is 3.00. The van der Waals surface area contributed by atoms with Crippen LogP contribution < -0.4 is 5.32 Å². The molecule has 1 aromatic heterocycles. The van der Waals surface area contributed by atoms with Crippen molar-refractivity contribution in [3.05, 3.63) is 29.6 Å². The Labute approximate surface area is 160 Å². The van der Waals surface area contributed by atoms with Crippen LogP contribution in [0.1, 0.15) is 38.3 Å². The maximum Gasteiger partial charge on any atom is 0.410 e. The summed E-state index contributed by atoms with van der Waals surface area (Å²) < 4.78 is 5.44. The molecule has 27 heavy (non-hydrogen) atoms. The molecule has 1 saturated heterocycles. The first-order valence-electron chi connectivity index (χ1n) is 9.74. The fourth-order valence-electron chi connectivity index (χ4n) is 4.37. The SMILES string of the molecule is CC(C)(C)OC(=O)N1CC2C(CCNC(=O)N3Cc4ccncc4C3)C2C1. The molecule has 0 bridgehead atoms. The van der Waals surface area contributed by atoms with Gasteiger partial charge in [0.1, 0.15) is 5.60 Å². The Bertz CT molecular complexity index is 708. The van der Waals surface area contributed by atoms with E-state index in [-0.39, 0.29) is 12.1 Å². The maximum absolute atomic E-state index is 12.4. The minimum atomic E-state index is -0.446. The van der Waals surface area contributed by atoms with Gasteiger partial charge >= 0.3 is 12.1 Å². The second-order valence-corrected chi connectivity index (χ2v) is 8.90. The van der Waals surface area contributed by atoms with Gasteiger partial charge in [-0.3, -0.25) is 4.98 Å². The van der Waals surface area contributed by atoms with Crippen LogP contribution in [0.4, 0.5) is 9.59 Å². The number of carbonyl (C=O) groups excluding carboxylic acids is 2. The fraction of sp³-hybridized carbons (Fsp3) is 0.650. The number of amides is 3. The Morgan fingerprint density at radius 1 is 1.19 bits per heavy atom. The van der Waals surface area contributed by atoms with Gasteiger partial charge in [0.05, 0.1) is 0 Å². The topological polar surface area (TPSA) is 74.8 Å². The van der Waals surface area contributed by atoms with Gasteiger partial charge < -0.3 is 19.9 Å². The number of fused-ring (bicyclic) bond motifs is 2. The summed E-state index contributed by atoms with van der Waals surface area (Å²) in [5, 5.41) is 3.05. The molecule has 0 aromatic carbocycles. The summed E-state index contributed by atoms with van der Waals surface area (Å²) >= 11 is 0. The van der Waals surface area contributed by atoms with E-state index < -0.39 is 5.60 Å². The monoisotopic (exact) mass is 372 g/mol. The summed E-state index contributed by atoms with van der Waals surface area (Å²) in [5.74, 6) is 1.75. The van der Waals surface area contributed by atoms with E-state index in [1.54, 1.807) is 6.20 Å². The number of piperidine rings is 1. The molecular formula is C20H28N4O3. The number of carbonyl (C=O) groups is 2. The zero-order valence-corrected chi connectivity index (χ0v) is 16.3. The van der Waals surface area contributed by atoms with Crippen LogP contribution in [0.5, 0.6) is 0 Å². The molecule has 3 aliphatic rings. The molecular weight excluding hydrogens is 344 g/mol. The van der Waals surface area contributed by atoms with Crippen LogP contribution in [0.15, 0.2) is 18.5 Å². The van der Waals surface area contributed by atoms with Crippen molar-refractivity contribution in [2.45, 2.75) is 45.9 Å². The highest BCUT2D eigenvalue weighted by atomic mass is 16.6. The van der Waals surface area contributed by atoms with Crippen LogP contribution >= 0.6 is 0 Å². The van der Waals surface area contributed by atoms with Crippen molar-refractivity contribution < 1.29 is 14.3 Å². The molecule has 0 spiro atoms. The van der Waals surface area contributed by atoms with Crippen LogP contribution in [-0.4, -0.2) is 52.1 Å². The van der Waals surface area contributed by atoms with Crippen molar-refractivity contribution >= 4 is 12.1 Å². The minimum Gasteiger partial charge on any atom is -0.444 e. The average molecular weight is 372 g/mol. The number of hydrogen-bond acceptors (Lipinski definition) is 4. The molecule has 0 radical (unpaired) electrons. The predicted molar refractivity (Wildman–Crippen MR) is 99.8 cm³/mol. The van der Waals surface area contributed by atoms with E-state index >= 15 is 0 Å². The molecule has 2 fully saturated rings. The number of hydrogen-bond donors (Lipinski definition) is 1. The third-order valence-electron chi connectivity index (χ3n) is 5.79. The molecule has 2 atom stereocenters. The smallest absolute Gasteiger partial charge is 0.410 e. The third-order valence-corrected chi connectivity index (χ3v) is 5.79. The number of likely N-dealkylation sites (tertiary alicyclic amines) is 1. The Hall–Kier alpha value is -2.31. The second-order valence-electron chi connectivity index (χ2n) is 8.90. The molecule has 1 aliphatic carbocycles. The Morgan fingerprint density at radius 2 is 1.89 bits per heavy atom. The van der Waals surface area contributed by atoms with Crippen molar-refractivity contribution in [1.82, 2.24) is 20.1 Å². The zero-order valence-electron chi connectivity index (χ0n) is 16.3. The Balaban J connectivity index is 1.16. The van der Waals surface area contributed by atoms with Gasteiger partial charge in [-0.2, -0.15) is 0 Å². The van der Waals surface area contributed by atoms with Gasteiger partial charge in [-0.25, -0.2) is 9.59 Å². The lowest BCUT2D eigenvalue weighted by Gasteiger charge is -2.26. The van der Waals surface area contributed by atoms with Gasteiger partial charge in [0.2, 0.25) is 0 Å². The minimum absolute atomic E-state index is 0.00705. The first-order valence-corrected chi connectivity index (χ1v) is 9.74. The lowest BCUT2D eigenvalue weighted by Crippen LogP contribution is -2.38. The van der Waals surface area contributed by atoms with Crippen LogP contribution in [0.3, 0.4) is 0 Å². The summed E-state index contributed by atoms with van der Waals surface area (Å²) in [4.78, 5) is 32.2. The molecule has 3 heterocycles. The van der Waals surface area contributed by atoms with E-state index in [9.17, 15) is 9.59 Å². The molecule has 2 unspecified atom stereocenters. The van der Waals surface area contributed by atoms with Crippen molar-refractivity contribution in [3.8, 4) is 0 Å². The van der Waals surface area contributed by atoms with Gasteiger partial charge in [-0.1, -0.05) is 0 Å². The molecule has 4 rings (SSSR count). The summed E-state index contributed by atoms with van der Waals surface area (Å²) in [7, 11) is 0. The van der Waals surface area contributed by atoms with Crippen LogP contribution in [-0.2, 0) is 17.8 Å². The van der Waals surface area contributed by atoms with Crippen LogP contribution in [0, 0.1) is 17.8 Å². The molecule has 3 amide bonds. The summed E-state index contributed by atoms with van der Waals surface area (Å²) in [6.07, 6.45) is 4.38. The summed E-state index contributed by atoms with van der Waals surface area (Å²) in [6, 6.07) is 1.97. The van der Waals surface area contributed by atoms with Crippen molar-refractivity contribution in [1.29, 1.82) is 0 Å². The number of nitrogens with zero attached hydrogens (tertiary/aromatic N) is 3. The molecule has 1 saturated carbocycles. The quantitative estimate of drug-likeness (QED) is 0.885. The first kappa shape index (κ1) is 18.1. The fourth-order valence-corrected chi connectivity index (χ4v) is 4.37. The van der Waals surface area contributed by atoms with Crippen molar-refractivity contribution in [2.75, 3.05) is 19.6 Å². The molecule has 7 nitrogen and oxygen atoms in total. The molecule has 146 valence electrons. The van der Waals surface area contributed by atoms with Crippen molar-refractivity contribution in [2.24, 2.45) is 17.8 Å². The number of aromatic nitrogens is 1. The second kappa shape index (κ2) is 6.69. The predicted octanol–water partition coefficient (Wildman–Crippen LogP) is 2.61. The highest BCUT2D eigenvalue weighted by molar-refractivity contribution is 5.75. The third kappa shape index (κ3) is 3.87. The number of nitrogens with one attached hydrogen (secondary N) is 1. The van der Waals surface area contributed by atoms with Crippen LogP contribution in [0.2, 0.25) is 0 Å². The lowest BCUT2D eigenvalue weighted by atomic mass is 10.2. The van der Waals surface area contributed by atoms with E-state index in [1.165, 1.54) is 5.56 Å². The molecule has 1 aromatic rings. The van der Waals surface area contributed by atoms with E-state index in [2.05, 4.69) is 10.3 Å². The Kier molecular flexibility index (Phi) is 4.48. The standard InChI is InChI=1S/C20H28N4O3/c1-20(2,3)27-19(26)24-11-16-15(17(16)12-24)5-7-22-18(25)23-9-13-4-6-21-8-14(13)10-23/h4,6,8,15-17H,5,7,9-12H2,1-3H3,(H,22,25). The number of pyridine rings is 1. The first-order chi connectivity index (χ1) is 12.8. The van der Waals surface area contributed by atoms with Gasteiger partial charge in [-0.05, 0) is 62.1 Å². The van der Waals surface area contributed by atoms with Gasteiger partial charge in [-0.15, -0.1) is 0 Å². The van der Waals surface area contributed by atoms with E-state index in [4.69, 9.17) is 4.74 Å². The van der Waals surface area contributed by atoms with E-state index in [1.807, 2.05) is 42.8 Å². The lowest BCUT2D eigenvalue weighted by molar-refractivity contribution is 0.0265.